The van der Waals surface area contributed by atoms with Gasteiger partial charge >= 0.3 is 5.97 Å². The molecule has 1 heterocycles. The summed E-state index contributed by atoms with van der Waals surface area (Å²) in [6.45, 7) is 0. The number of carbonyl (C=O) groups excluding carboxylic acids is 1. The normalized spacial score (nSPS) is 10.3. The molecule has 0 saturated carbocycles. The highest BCUT2D eigenvalue weighted by atomic mass is 35.5. The Morgan fingerprint density at radius 2 is 1.86 bits per heavy atom. The lowest BCUT2D eigenvalue weighted by molar-refractivity contribution is 0.0735. The number of aromatic nitrogens is 2. The molecule has 0 saturated heterocycles. The number of hydrogen-bond donors (Lipinski definition) is 0. The van der Waals surface area contributed by atoms with Gasteiger partial charge in [-0.2, -0.15) is 0 Å². The highest BCUT2D eigenvalue weighted by molar-refractivity contribution is 6.33. The fourth-order valence-corrected chi connectivity index (χ4v) is 2.10. The summed E-state index contributed by atoms with van der Waals surface area (Å²) in [5.74, 6) is -0.0141. The summed E-state index contributed by atoms with van der Waals surface area (Å²) in [5.41, 5.74) is 1.28. The van der Waals surface area contributed by atoms with Crippen LogP contribution in [0.4, 0.5) is 0 Å². The van der Waals surface area contributed by atoms with E-state index in [1.807, 2.05) is 22.9 Å². The van der Waals surface area contributed by atoms with Crippen molar-refractivity contribution in [1.82, 2.24) is 9.55 Å². The number of hydrogen-bond acceptors (Lipinski definition) is 3. The molecule has 0 N–H and O–H groups in total. The predicted octanol–water partition coefficient (Wildman–Crippen LogP) is 3.74. The number of benzene rings is 2. The van der Waals surface area contributed by atoms with Crippen LogP contribution in [0.2, 0.25) is 5.02 Å². The van der Waals surface area contributed by atoms with E-state index in [0.29, 0.717) is 16.3 Å². The van der Waals surface area contributed by atoms with E-state index in [1.54, 1.807) is 48.9 Å². The van der Waals surface area contributed by atoms with Crippen molar-refractivity contribution in [3.63, 3.8) is 0 Å². The molecule has 0 amide bonds. The third-order valence-corrected chi connectivity index (χ3v) is 3.27. The van der Waals surface area contributed by atoms with Gasteiger partial charge in [0, 0.05) is 18.1 Å². The molecule has 0 spiro atoms. The first-order valence-electron chi connectivity index (χ1n) is 6.29. The summed E-state index contributed by atoms with van der Waals surface area (Å²) in [5, 5.41) is 0.373. The molecule has 3 aromatic rings. The number of nitrogens with zero attached hydrogens (tertiary/aromatic N) is 2. The van der Waals surface area contributed by atoms with Gasteiger partial charge in [-0.25, -0.2) is 9.78 Å². The highest BCUT2D eigenvalue weighted by Gasteiger charge is 2.12. The average Bonchev–Trinajstić information content (AvgIpc) is 3.02. The fraction of sp³-hybridized carbons (Fsp3) is 0. The zero-order chi connectivity index (χ0) is 14.7. The monoisotopic (exact) mass is 298 g/mol. The Hall–Kier alpha value is -2.59. The van der Waals surface area contributed by atoms with Gasteiger partial charge in [-0.3, -0.25) is 0 Å². The summed E-state index contributed by atoms with van der Waals surface area (Å²) < 4.78 is 7.17. The second-order valence-corrected chi connectivity index (χ2v) is 4.74. The fourth-order valence-electron chi connectivity index (χ4n) is 1.89. The number of rotatable bonds is 3. The lowest BCUT2D eigenvalue weighted by Gasteiger charge is -2.07. The zero-order valence-electron chi connectivity index (χ0n) is 10.9. The lowest BCUT2D eigenvalue weighted by Crippen LogP contribution is -2.09. The zero-order valence-corrected chi connectivity index (χ0v) is 11.7. The van der Waals surface area contributed by atoms with Crippen molar-refractivity contribution in [2.75, 3.05) is 0 Å². The van der Waals surface area contributed by atoms with Gasteiger partial charge in [0.05, 0.1) is 16.9 Å². The Morgan fingerprint density at radius 1 is 1.10 bits per heavy atom. The minimum absolute atomic E-state index is 0.345. The molecule has 1 aromatic heterocycles. The third-order valence-electron chi connectivity index (χ3n) is 2.94. The van der Waals surface area contributed by atoms with Crippen molar-refractivity contribution in [2.45, 2.75) is 0 Å². The molecule has 0 aliphatic heterocycles. The number of esters is 1. The summed E-state index contributed by atoms with van der Waals surface area (Å²) >= 11 is 5.97. The van der Waals surface area contributed by atoms with Crippen LogP contribution in [-0.2, 0) is 0 Å². The molecule has 0 aliphatic rings. The smallest absolute Gasteiger partial charge is 0.345 e. The molecular formula is C16H11ClN2O2. The minimum atomic E-state index is -0.476. The van der Waals surface area contributed by atoms with E-state index in [0.717, 1.165) is 5.69 Å². The van der Waals surface area contributed by atoms with Crippen LogP contribution in [0.3, 0.4) is 0 Å². The quantitative estimate of drug-likeness (QED) is 0.546. The molecule has 5 heteroatoms. The number of imidazole rings is 1. The topological polar surface area (TPSA) is 44.1 Å². The molecule has 3 rings (SSSR count). The summed E-state index contributed by atoms with van der Waals surface area (Å²) in [7, 11) is 0. The molecule has 0 unspecified atom stereocenters. The van der Waals surface area contributed by atoms with Gasteiger partial charge < -0.3 is 9.30 Å². The molecule has 21 heavy (non-hydrogen) atoms. The van der Waals surface area contributed by atoms with Gasteiger partial charge in [-0.1, -0.05) is 23.7 Å². The maximum absolute atomic E-state index is 12.0. The van der Waals surface area contributed by atoms with Crippen molar-refractivity contribution >= 4 is 17.6 Å². The molecule has 2 aromatic carbocycles. The largest absolute Gasteiger partial charge is 0.423 e. The van der Waals surface area contributed by atoms with E-state index in [1.165, 1.54) is 0 Å². The molecule has 104 valence electrons. The van der Waals surface area contributed by atoms with Crippen LogP contribution in [0, 0.1) is 0 Å². The van der Waals surface area contributed by atoms with Gasteiger partial charge in [0.2, 0.25) is 0 Å². The van der Waals surface area contributed by atoms with Crippen molar-refractivity contribution in [2.24, 2.45) is 0 Å². The number of carbonyl (C=O) groups is 1. The van der Waals surface area contributed by atoms with E-state index in [4.69, 9.17) is 16.3 Å². The van der Waals surface area contributed by atoms with E-state index < -0.39 is 5.97 Å². The number of halogens is 1. The highest BCUT2D eigenvalue weighted by Crippen LogP contribution is 2.20. The molecule has 0 atom stereocenters. The average molecular weight is 299 g/mol. The first kappa shape index (κ1) is 13.4. The maximum atomic E-state index is 12.0. The van der Waals surface area contributed by atoms with Crippen LogP contribution in [0.25, 0.3) is 5.69 Å². The minimum Gasteiger partial charge on any atom is -0.423 e. The second-order valence-electron chi connectivity index (χ2n) is 4.33. The van der Waals surface area contributed by atoms with Crippen LogP contribution in [-0.4, -0.2) is 15.5 Å². The van der Waals surface area contributed by atoms with Crippen molar-refractivity contribution < 1.29 is 9.53 Å². The Morgan fingerprint density at radius 3 is 2.52 bits per heavy atom. The van der Waals surface area contributed by atoms with Gasteiger partial charge in [-0.15, -0.1) is 0 Å². The van der Waals surface area contributed by atoms with E-state index in [9.17, 15) is 4.79 Å². The molecule has 0 bridgehead atoms. The van der Waals surface area contributed by atoms with Crippen LogP contribution >= 0.6 is 11.6 Å². The lowest BCUT2D eigenvalue weighted by atomic mass is 10.2. The molecule has 0 radical (unpaired) electrons. The maximum Gasteiger partial charge on any atom is 0.345 e. The predicted molar refractivity (Wildman–Crippen MR) is 80.0 cm³/mol. The third kappa shape index (κ3) is 2.95. The Balaban J connectivity index is 1.77. The molecule has 4 nitrogen and oxygen atoms in total. The first-order chi connectivity index (χ1) is 10.2. The van der Waals surface area contributed by atoms with Crippen LogP contribution in [0.15, 0.2) is 67.3 Å². The molecular weight excluding hydrogens is 288 g/mol. The van der Waals surface area contributed by atoms with Crippen molar-refractivity contribution in [3.05, 3.63) is 77.8 Å². The Kier molecular flexibility index (Phi) is 3.71. The Labute approximate surface area is 126 Å². The van der Waals surface area contributed by atoms with Gasteiger partial charge in [0.15, 0.2) is 0 Å². The summed E-state index contributed by atoms with van der Waals surface area (Å²) in [4.78, 5) is 16.0. The second kappa shape index (κ2) is 5.81. The first-order valence-corrected chi connectivity index (χ1v) is 6.67. The van der Waals surface area contributed by atoms with Crippen LogP contribution in [0.1, 0.15) is 10.4 Å². The van der Waals surface area contributed by atoms with Crippen LogP contribution < -0.4 is 4.74 Å². The van der Waals surface area contributed by atoms with Gasteiger partial charge in [0.1, 0.15) is 5.75 Å². The molecule has 0 fully saturated rings. The van der Waals surface area contributed by atoms with E-state index in [-0.39, 0.29) is 0 Å². The van der Waals surface area contributed by atoms with Crippen molar-refractivity contribution in [1.29, 1.82) is 0 Å². The summed E-state index contributed by atoms with van der Waals surface area (Å²) in [6.07, 6.45) is 5.24. The Bertz CT molecular complexity index is 752. The standard InChI is InChI=1S/C16H11ClN2O2/c17-15-4-2-1-3-14(15)16(20)21-13-7-5-12(6-8-13)19-10-9-18-11-19/h1-11H. The van der Waals surface area contributed by atoms with E-state index in [2.05, 4.69) is 4.98 Å². The molecule has 0 aliphatic carbocycles. The number of ether oxygens (including phenoxy) is 1. The van der Waals surface area contributed by atoms with E-state index >= 15 is 0 Å². The van der Waals surface area contributed by atoms with Gasteiger partial charge in [0.25, 0.3) is 0 Å². The SMILES string of the molecule is O=C(Oc1ccc(-n2ccnc2)cc1)c1ccccc1Cl. The summed E-state index contributed by atoms with van der Waals surface area (Å²) in [6, 6.07) is 13.9. The van der Waals surface area contributed by atoms with Gasteiger partial charge in [-0.05, 0) is 36.4 Å². The van der Waals surface area contributed by atoms with Crippen molar-refractivity contribution in [3.8, 4) is 11.4 Å². The van der Waals surface area contributed by atoms with Crippen LogP contribution in [0.5, 0.6) is 5.75 Å².